The van der Waals surface area contributed by atoms with Crippen molar-refractivity contribution in [1.82, 2.24) is 10.5 Å². The van der Waals surface area contributed by atoms with E-state index >= 15 is 0 Å². The molecule has 0 unspecified atom stereocenters. The Labute approximate surface area is 124 Å². The Hall–Kier alpha value is -3.16. The zero-order chi connectivity index (χ0) is 15.7. The van der Waals surface area contributed by atoms with Crippen LogP contribution in [0.3, 0.4) is 0 Å². The lowest BCUT2D eigenvalue weighted by Crippen LogP contribution is -2.51. The summed E-state index contributed by atoms with van der Waals surface area (Å²) in [7, 11) is 0. The molecule has 8 heteroatoms. The van der Waals surface area contributed by atoms with Gasteiger partial charge < -0.3 is 19.8 Å². The molecule has 2 heterocycles. The van der Waals surface area contributed by atoms with E-state index in [2.05, 4.69) is 10.5 Å². The summed E-state index contributed by atoms with van der Waals surface area (Å²) in [4.78, 5) is 35.7. The van der Waals surface area contributed by atoms with Crippen molar-refractivity contribution in [3.63, 3.8) is 0 Å². The highest BCUT2D eigenvalue weighted by molar-refractivity contribution is 6.06. The third kappa shape index (κ3) is 2.41. The number of carbonyl (C=O) groups excluding carboxylic acids is 2. The first-order valence-electron chi connectivity index (χ1n) is 6.43. The van der Waals surface area contributed by atoms with E-state index < -0.39 is 5.97 Å². The normalized spacial score (nSPS) is 14.8. The fourth-order valence-electron chi connectivity index (χ4n) is 2.21. The van der Waals surface area contributed by atoms with Gasteiger partial charge in [-0.05, 0) is 6.07 Å². The summed E-state index contributed by atoms with van der Waals surface area (Å²) in [6.07, 6.45) is 0. The molecular formula is C14H11N3O5. The van der Waals surface area contributed by atoms with Gasteiger partial charge in [-0.25, -0.2) is 4.79 Å². The molecular weight excluding hydrogens is 290 g/mol. The summed E-state index contributed by atoms with van der Waals surface area (Å²) in [6, 6.07) is 8.06. The van der Waals surface area contributed by atoms with Crippen molar-refractivity contribution >= 4 is 23.5 Å². The lowest BCUT2D eigenvalue weighted by Gasteiger charge is -2.28. The molecule has 0 saturated carbocycles. The summed E-state index contributed by atoms with van der Waals surface area (Å²) in [5, 5.41) is 15.1. The first-order chi connectivity index (χ1) is 10.6. The molecule has 0 radical (unpaired) electrons. The number of hydrogen-bond donors (Lipinski definition) is 2. The van der Waals surface area contributed by atoms with Gasteiger partial charge in [-0.15, -0.1) is 0 Å². The molecule has 1 aliphatic rings. The van der Waals surface area contributed by atoms with Gasteiger partial charge in [-0.3, -0.25) is 9.59 Å². The van der Waals surface area contributed by atoms with Crippen molar-refractivity contribution in [2.45, 2.75) is 0 Å². The van der Waals surface area contributed by atoms with E-state index in [4.69, 9.17) is 9.63 Å². The second kappa shape index (κ2) is 5.32. The number of amides is 2. The Balaban J connectivity index is 2.04. The third-order valence-corrected chi connectivity index (χ3v) is 3.23. The Kier molecular flexibility index (Phi) is 3.34. The maximum absolute atomic E-state index is 12.0. The molecule has 1 saturated heterocycles. The molecule has 2 N–H and O–H groups in total. The molecule has 112 valence electrons. The maximum Gasteiger partial charge on any atom is 0.374 e. The summed E-state index contributed by atoms with van der Waals surface area (Å²) in [5.74, 6) is -2.05. The third-order valence-electron chi connectivity index (χ3n) is 3.23. The lowest BCUT2D eigenvalue weighted by molar-refractivity contribution is -0.128. The monoisotopic (exact) mass is 301 g/mol. The molecule has 1 aromatic carbocycles. The number of carboxylic acid groups (broad SMARTS) is 1. The highest BCUT2D eigenvalue weighted by Gasteiger charge is 2.27. The number of rotatable bonds is 3. The number of aromatic nitrogens is 1. The van der Waals surface area contributed by atoms with Crippen LogP contribution in [-0.2, 0) is 9.59 Å². The van der Waals surface area contributed by atoms with Gasteiger partial charge in [0.1, 0.15) is 12.2 Å². The van der Waals surface area contributed by atoms with Crippen LogP contribution in [0.25, 0.3) is 11.3 Å². The first kappa shape index (κ1) is 13.8. The lowest BCUT2D eigenvalue weighted by atomic mass is 10.1. The van der Waals surface area contributed by atoms with E-state index in [1.54, 1.807) is 24.3 Å². The van der Waals surface area contributed by atoms with Crippen LogP contribution in [-0.4, -0.2) is 41.1 Å². The van der Waals surface area contributed by atoms with Crippen LogP contribution < -0.4 is 10.2 Å². The van der Waals surface area contributed by atoms with Crippen LogP contribution in [0.4, 0.5) is 5.69 Å². The number of carbonyl (C=O) groups is 3. The van der Waals surface area contributed by atoms with E-state index in [0.717, 1.165) is 0 Å². The molecule has 1 aliphatic heterocycles. The molecule has 22 heavy (non-hydrogen) atoms. The van der Waals surface area contributed by atoms with Crippen LogP contribution in [0.2, 0.25) is 0 Å². The largest absolute Gasteiger partial charge is 0.475 e. The number of aromatic carboxylic acids is 1. The molecule has 0 bridgehead atoms. The minimum absolute atomic E-state index is 0.0770. The molecule has 0 atom stereocenters. The van der Waals surface area contributed by atoms with Gasteiger partial charge in [-0.2, -0.15) is 0 Å². The Morgan fingerprint density at radius 2 is 2.09 bits per heavy atom. The average molecular weight is 301 g/mol. The maximum atomic E-state index is 12.0. The van der Waals surface area contributed by atoms with Gasteiger partial charge in [0.2, 0.25) is 17.6 Å². The van der Waals surface area contributed by atoms with E-state index in [-0.39, 0.29) is 36.4 Å². The van der Waals surface area contributed by atoms with Gasteiger partial charge in [0.25, 0.3) is 0 Å². The number of hydrogen-bond acceptors (Lipinski definition) is 5. The van der Waals surface area contributed by atoms with Crippen molar-refractivity contribution in [3.05, 3.63) is 36.1 Å². The number of anilines is 1. The molecule has 1 fully saturated rings. The minimum atomic E-state index is -1.23. The van der Waals surface area contributed by atoms with Crippen molar-refractivity contribution in [2.75, 3.05) is 18.0 Å². The molecule has 3 rings (SSSR count). The summed E-state index contributed by atoms with van der Waals surface area (Å²) >= 11 is 0. The Morgan fingerprint density at radius 1 is 1.32 bits per heavy atom. The SMILES string of the molecule is O=C1CN(c2ccccc2-c2cc(C(=O)O)on2)C(=O)CN1. The summed E-state index contributed by atoms with van der Waals surface area (Å²) in [6.45, 7) is -0.175. The van der Waals surface area contributed by atoms with E-state index in [1.165, 1.54) is 11.0 Å². The number of benzene rings is 1. The molecule has 2 aromatic rings. The topological polar surface area (TPSA) is 113 Å². The number of para-hydroxylation sites is 1. The second-order valence-electron chi connectivity index (χ2n) is 4.66. The average Bonchev–Trinajstić information content (AvgIpc) is 3.00. The molecule has 1 aromatic heterocycles. The molecule has 2 amide bonds. The van der Waals surface area contributed by atoms with Gasteiger partial charge >= 0.3 is 5.97 Å². The van der Waals surface area contributed by atoms with Crippen LogP contribution >= 0.6 is 0 Å². The van der Waals surface area contributed by atoms with E-state index in [9.17, 15) is 14.4 Å². The van der Waals surface area contributed by atoms with Gasteiger partial charge in [0.05, 0.1) is 12.2 Å². The van der Waals surface area contributed by atoms with Crippen molar-refractivity contribution in [2.24, 2.45) is 0 Å². The number of nitrogens with zero attached hydrogens (tertiary/aromatic N) is 2. The van der Waals surface area contributed by atoms with Crippen LogP contribution in [0.5, 0.6) is 0 Å². The van der Waals surface area contributed by atoms with Crippen LogP contribution in [0.15, 0.2) is 34.9 Å². The second-order valence-corrected chi connectivity index (χ2v) is 4.66. The quantitative estimate of drug-likeness (QED) is 0.853. The van der Waals surface area contributed by atoms with E-state index in [0.29, 0.717) is 11.3 Å². The van der Waals surface area contributed by atoms with Gasteiger partial charge in [-0.1, -0.05) is 23.4 Å². The zero-order valence-electron chi connectivity index (χ0n) is 11.3. The number of piperazine rings is 1. The van der Waals surface area contributed by atoms with Crippen molar-refractivity contribution < 1.29 is 24.0 Å². The molecule has 0 aliphatic carbocycles. The predicted octanol–water partition coefficient (Wildman–Crippen LogP) is 0.503. The van der Waals surface area contributed by atoms with Gasteiger partial charge in [0.15, 0.2) is 0 Å². The standard InChI is InChI=1S/C14H11N3O5/c18-12-7-17(13(19)6-15-12)10-4-2-1-3-8(10)9-5-11(14(20)21)22-16-9/h1-5H,6-7H2,(H,15,18)(H,20,21). The van der Waals surface area contributed by atoms with Crippen molar-refractivity contribution in [1.29, 1.82) is 0 Å². The van der Waals surface area contributed by atoms with Crippen LogP contribution in [0, 0.1) is 0 Å². The first-order valence-corrected chi connectivity index (χ1v) is 6.43. The smallest absolute Gasteiger partial charge is 0.374 e. The zero-order valence-corrected chi connectivity index (χ0v) is 11.3. The highest BCUT2D eigenvalue weighted by Crippen LogP contribution is 2.31. The predicted molar refractivity (Wildman–Crippen MR) is 74.3 cm³/mol. The minimum Gasteiger partial charge on any atom is -0.475 e. The Morgan fingerprint density at radius 3 is 2.82 bits per heavy atom. The fourth-order valence-corrected chi connectivity index (χ4v) is 2.21. The Bertz CT molecular complexity index is 767. The van der Waals surface area contributed by atoms with Crippen LogP contribution in [0.1, 0.15) is 10.6 Å². The summed E-state index contributed by atoms with van der Waals surface area (Å²) < 4.78 is 4.74. The number of nitrogens with one attached hydrogen (secondary N) is 1. The number of carboxylic acids is 1. The molecule has 0 spiro atoms. The fraction of sp³-hybridized carbons (Fsp3) is 0.143. The van der Waals surface area contributed by atoms with E-state index in [1.807, 2.05) is 0 Å². The summed E-state index contributed by atoms with van der Waals surface area (Å²) in [5.41, 5.74) is 1.28. The van der Waals surface area contributed by atoms with Gasteiger partial charge in [0, 0.05) is 11.6 Å². The van der Waals surface area contributed by atoms with Crippen molar-refractivity contribution in [3.8, 4) is 11.3 Å². The molecule has 8 nitrogen and oxygen atoms in total. The highest BCUT2D eigenvalue weighted by atomic mass is 16.5.